The summed E-state index contributed by atoms with van der Waals surface area (Å²) in [6, 6.07) is 14.4. The lowest BCUT2D eigenvalue weighted by Crippen LogP contribution is -2.19. The molecular formula is C20H22N2O4. The molecule has 2 aromatic carbocycles. The van der Waals surface area contributed by atoms with E-state index >= 15 is 0 Å². The maximum absolute atomic E-state index is 11.1. The van der Waals surface area contributed by atoms with Crippen molar-refractivity contribution in [2.75, 3.05) is 19.7 Å². The summed E-state index contributed by atoms with van der Waals surface area (Å²) < 4.78 is 11.2. The molecule has 26 heavy (non-hydrogen) atoms. The molecule has 6 heteroatoms. The molecule has 0 fully saturated rings. The van der Waals surface area contributed by atoms with Gasteiger partial charge in [-0.15, -0.1) is 0 Å². The molecule has 0 aliphatic heterocycles. The van der Waals surface area contributed by atoms with Crippen LogP contribution < -0.4 is 10.1 Å². The Morgan fingerprint density at radius 2 is 1.85 bits per heavy atom. The minimum Gasteiger partial charge on any atom is -0.493 e. The summed E-state index contributed by atoms with van der Waals surface area (Å²) in [7, 11) is 0. The number of aromatic nitrogens is 1. The molecule has 0 aliphatic rings. The smallest absolute Gasteiger partial charge is 0.339 e. The van der Waals surface area contributed by atoms with E-state index in [4.69, 9.17) is 14.3 Å². The van der Waals surface area contributed by atoms with E-state index in [0.717, 1.165) is 49.3 Å². The number of oxazole rings is 1. The van der Waals surface area contributed by atoms with Crippen LogP contribution in [0.4, 0.5) is 0 Å². The van der Waals surface area contributed by atoms with E-state index in [0.29, 0.717) is 12.4 Å². The topological polar surface area (TPSA) is 84.6 Å². The van der Waals surface area contributed by atoms with Crippen molar-refractivity contribution in [1.29, 1.82) is 0 Å². The van der Waals surface area contributed by atoms with Gasteiger partial charge in [0, 0.05) is 6.42 Å². The summed E-state index contributed by atoms with van der Waals surface area (Å²) in [5, 5.41) is 12.4. The number of carboxylic acid groups (broad SMARTS) is 1. The van der Waals surface area contributed by atoms with Gasteiger partial charge in [-0.05, 0) is 50.2 Å². The van der Waals surface area contributed by atoms with E-state index in [1.54, 1.807) is 24.3 Å². The quantitative estimate of drug-likeness (QED) is 0.542. The molecule has 0 spiro atoms. The molecule has 0 aliphatic carbocycles. The molecule has 0 radical (unpaired) electrons. The predicted octanol–water partition coefficient (Wildman–Crippen LogP) is 3.52. The average molecular weight is 354 g/mol. The zero-order valence-electron chi connectivity index (χ0n) is 14.5. The summed E-state index contributed by atoms with van der Waals surface area (Å²) in [5.74, 6) is 0.204. The van der Waals surface area contributed by atoms with Gasteiger partial charge in [0.25, 0.3) is 0 Å². The molecule has 0 amide bonds. The van der Waals surface area contributed by atoms with Crippen molar-refractivity contribution >= 4 is 17.1 Å². The summed E-state index contributed by atoms with van der Waals surface area (Å²) in [5.41, 5.74) is 1.92. The fourth-order valence-electron chi connectivity index (χ4n) is 2.66. The molecule has 1 heterocycles. The zero-order valence-corrected chi connectivity index (χ0v) is 14.5. The Kier molecular flexibility index (Phi) is 6.22. The van der Waals surface area contributed by atoms with Gasteiger partial charge in [0.15, 0.2) is 11.5 Å². The van der Waals surface area contributed by atoms with Gasteiger partial charge < -0.3 is 19.6 Å². The van der Waals surface area contributed by atoms with Gasteiger partial charge >= 0.3 is 5.97 Å². The number of ether oxygens (including phenoxy) is 1. The van der Waals surface area contributed by atoms with Gasteiger partial charge in [-0.2, -0.15) is 0 Å². The Labute approximate surface area is 151 Å². The summed E-state index contributed by atoms with van der Waals surface area (Å²) in [6.45, 7) is 2.15. The van der Waals surface area contributed by atoms with Crippen molar-refractivity contribution in [2.24, 2.45) is 0 Å². The Balaban J connectivity index is 1.30. The maximum atomic E-state index is 11.1. The van der Waals surface area contributed by atoms with Crippen LogP contribution in [0.3, 0.4) is 0 Å². The Hall–Kier alpha value is -2.86. The first-order valence-corrected chi connectivity index (χ1v) is 8.74. The average Bonchev–Trinajstić information content (AvgIpc) is 3.07. The second kappa shape index (κ2) is 9.01. The number of carboxylic acids is 1. The SMILES string of the molecule is O=C(O)c1ccccc1OCCCNCCCc1nc2ccccc2o1. The molecule has 136 valence electrons. The van der Waals surface area contributed by atoms with Crippen LogP contribution in [-0.4, -0.2) is 35.8 Å². The predicted molar refractivity (Wildman–Crippen MR) is 98.7 cm³/mol. The molecule has 0 saturated carbocycles. The highest BCUT2D eigenvalue weighted by molar-refractivity contribution is 5.90. The summed E-state index contributed by atoms with van der Waals surface area (Å²) >= 11 is 0. The van der Waals surface area contributed by atoms with Crippen LogP contribution in [-0.2, 0) is 6.42 Å². The third kappa shape index (κ3) is 4.83. The van der Waals surface area contributed by atoms with Crippen molar-refractivity contribution in [1.82, 2.24) is 10.3 Å². The molecule has 3 aromatic rings. The first-order chi connectivity index (χ1) is 12.7. The van der Waals surface area contributed by atoms with Crippen molar-refractivity contribution < 1.29 is 19.1 Å². The fourth-order valence-corrected chi connectivity index (χ4v) is 2.66. The van der Waals surface area contributed by atoms with Crippen molar-refractivity contribution in [3.8, 4) is 5.75 Å². The molecule has 0 unspecified atom stereocenters. The van der Waals surface area contributed by atoms with Crippen LogP contribution in [0.2, 0.25) is 0 Å². The molecule has 0 atom stereocenters. The van der Waals surface area contributed by atoms with E-state index in [1.807, 2.05) is 24.3 Å². The number of nitrogens with zero attached hydrogens (tertiary/aromatic N) is 1. The number of nitrogens with one attached hydrogen (secondary N) is 1. The standard InChI is InChI=1S/C20H22N2O4/c23-20(24)15-7-1-3-9-17(15)25-14-6-13-21-12-5-11-19-22-16-8-2-4-10-18(16)26-19/h1-4,7-10,21H,5-6,11-14H2,(H,23,24). The lowest BCUT2D eigenvalue weighted by atomic mass is 10.2. The van der Waals surface area contributed by atoms with Gasteiger partial charge in [-0.3, -0.25) is 0 Å². The van der Waals surface area contributed by atoms with E-state index < -0.39 is 5.97 Å². The number of aryl methyl sites for hydroxylation is 1. The van der Waals surface area contributed by atoms with Crippen LogP contribution in [0.5, 0.6) is 5.75 Å². The Bertz CT molecular complexity index is 827. The summed E-state index contributed by atoms with van der Waals surface area (Å²) in [4.78, 5) is 15.6. The molecule has 0 bridgehead atoms. The molecule has 3 rings (SSSR count). The van der Waals surface area contributed by atoms with Crippen molar-refractivity contribution in [3.05, 3.63) is 60.0 Å². The first kappa shape index (κ1) is 17.9. The fraction of sp³-hybridized carbons (Fsp3) is 0.300. The Morgan fingerprint density at radius 1 is 1.08 bits per heavy atom. The van der Waals surface area contributed by atoms with Gasteiger partial charge in [0.1, 0.15) is 16.8 Å². The third-order valence-electron chi connectivity index (χ3n) is 3.96. The summed E-state index contributed by atoms with van der Waals surface area (Å²) in [6.07, 6.45) is 2.54. The number of benzene rings is 2. The minimum absolute atomic E-state index is 0.193. The van der Waals surface area contributed by atoms with Gasteiger partial charge in [0.05, 0.1) is 6.61 Å². The lowest BCUT2D eigenvalue weighted by molar-refractivity contribution is 0.0692. The number of para-hydroxylation sites is 3. The number of hydrogen-bond donors (Lipinski definition) is 2. The monoisotopic (exact) mass is 354 g/mol. The van der Waals surface area contributed by atoms with Crippen molar-refractivity contribution in [2.45, 2.75) is 19.3 Å². The Morgan fingerprint density at radius 3 is 2.69 bits per heavy atom. The molecule has 6 nitrogen and oxygen atoms in total. The van der Waals surface area contributed by atoms with Gasteiger partial charge in [-0.1, -0.05) is 24.3 Å². The van der Waals surface area contributed by atoms with Crippen molar-refractivity contribution in [3.63, 3.8) is 0 Å². The number of hydrogen-bond acceptors (Lipinski definition) is 5. The second-order valence-corrected chi connectivity index (χ2v) is 5.93. The van der Waals surface area contributed by atoms with E-state index in [-0.39, 0.29) is 5.56 Å². The number of rotatable bonds is 10. The highest BCUT2D eigenvalue weighted by Crippen LogP contribution is 2.18. The minimum atomic E-state index is -0.974. The van der Waals surface area contributed by atoms with Crippen LogP contribution in [0.25, 0.3) is 11.1 Å². The normalized spacial score (nSPS) is 10.9. The second-order valence-electron chi connectivity index (χ2n) is 5.93. The number of fused-ring (bicyclic) bond motifs is 1. The van der Waals surface area contributed by atoms with Crippen LogP contribution in [0, 0.1) is 0 Å². The molecule has 2 N–H and O–H groups in total. The molecule has 0 saturated heterocycles. The van der Waals surface area contributed by atoms with Crippen LogP contribution >= 0.6 is 0 Å². The van der Waals surface area contributed by atoms with Crippen LogP contribution in [0.1, 0.15) is 29.1 Å². The van der Waals surface area contributed by atoms with Crippen LogP contribution in [0.15, 0.2) is 52.9 Å². The number of aromatic carboxylic acids is 1. The highest BCUT2D eigenvalue weighted by atomic mass is 16.5. The van der Waals surface area contributed by atoms with E-state index in [1.165, 1.54) is 0 Å². The largest absolute Gasteiger partial charge is 0.493 e. The third-order valence-corrected chi connectivity index (χ3v) is 3.96. The lowest BCUT2D eigenvalue weighted by Gasteiger charge is -2.09. The van der Waals surface area contributed by atoms with E-state index in [2.05, 4.69) is 10.3 Å². The van der Waals surface area contributed by atoms with Gasteiger partial charge in [-0.25, -0.2) is 9.78 Å². The highest BCUT2D eigenvalue weighted by Gasteiger charge is 2.09. The molecule has 1 aromatic heterocycles. The number of carbonyl (C=O) groups is 1. The van der Waals surface area contributed by atoms with Gasteiger partial charge in [0.2, 0.25) is 0 Å². The first-order valence-electron chi connectivity index (χ1n) is 8.74. The molecular weight excluding hydrogens is 332 g/mol. The zero-order chi connectivity index (χ0) is 18.2. The van der Waals surface area contributed by atoms with E-state index in [9.17, 15) is 4.79 Å². The maximum Gasteiger partial charge on any atom is 0.339 e.